The van der Waals surface area contributed by atoms with Crippen molar-refractivity contribution >= 4 is 34.8 Å². The van der Waals surface area contributed by atoms with Crippen molar-refractivity contribution in [3.63, 3.8) is 0 Å². The van der Waals surface area contributed by atoms with Crippen LogP contribution in [0.25, 0.3) is 6.08 Å². The number of aromatic nitrogens is 1. The quantitative estimate of drug-likeness (QED) is 0.281. The first-order valence-electron chi connectivity index (χ1n) is 9.57. The first-order chi connectivity index (χ1) is 14.5. The molecule has 0 unspecified atom stereocenters. The Hall–Kier alpha value is -3.93. The molecule has 30 heavy (non-hydrogen) atoms. The number of hydrogen-bond acceptors (Lipinski definition) is 6. The highest BCUT2D eigenvalue weighted by atomic mass is 16.5. The van der Waals surface area contributed by atoms with E-state index in [9.17, 15) is 4.79 Å². The van der Waals surface area contributed by atoms with Crippen LogP contribution in [0.1, 0.15) is 37.0 Å². The van der Waals surface area contributed by atoms with Gasteiger partial charge < -0.3 is 21.2 Å². The number of ether oxygens (including phenoxy) is 1. The Morgan fingerprint density at radius 3 is 2.67 bits per heavy atom. The number of carbonyl (C=O) groups is 1. The van der Waals surface area contributed by atoms with Crippen molar-refractivity contribution in [1.82, 2.24) is 4.98 Å². The summed E-state index contributed by atoms with van der Waals surface area (Å²) in [5.41, 5.74) is 11.3. The van der Waals surface area contributed by atoms with Crippen molar-refractivity contribution in [2.24, 2.45) is 0 Å². The van der Waals surface area contributed by atoms with Gasteiger partial charge in [0, 0.05) is 26.0 Å². The standard InChI is InChI=1S/C24H24N4O2.2H2/c1-3-16-8-9-17(27-15-16)11-13-21(25)19-12-10-18(14-22(19)26)28-23-7-5-4-6-20(23)24(29)30-2;;/h4-15,25,28H,3,26H2,1-2H3;2*1H/b13-11+,25-21?;;. The number of esters is 1. The molecule has 4 N–H and O–H groups in total. The van der Waals surface area contributed by atoms with Crippen molar-refractivity contribution < 1.29 is 12.4 Å². The Morgan fingerprint density at radius 1 is 1.20 bits per heavy atom. The molecule has 1 aromatic heterocycles. The summed E-state index contributed by atoms with van der Waals surface area (Å²) in [5.74, 6) is -0.421. The van der Waals surface area contributed by atoms with Crippen molar-refractivity contribution in [3.8, 4) is 0 Å². The minimum atomic E-state index is -0.421. The number of nitrogens with zero attached hydrogens (tertiary/aromatic N) is 1. The van der Waals surface area contributed by atoms with Gasteiger partial charge in [0.2, 0.25) is 0 Å². The molecule has 0 saturated carbocycles. The van der Waals surface area contributed by atoms with Crippen LogP contribution in [-0.2, 0) is 11.2 Å². The number of benzene rings is 2. The fourth-order valence-corrected chi connectivity index (χ4v) is 2.92. The lowest BCUT2D eigenvalue weighted by Crippen LogP contribution is -2.06. The summed E-state index contributed by atoms with van der Waals surface area (Å²) in [5, 5.41) is 11.5. The molecule has 0 atom stereocenters. The number of para-hydroxylation sites is 1. The molecule has 156 valence electrons. The minimum absolute atomic E-state index is 0. The van der Waals surface area contributed by atoms with Crippen LogP contribution in [0.4, 0.5) is 17.1 Å². The van der Waals surface area contributed by atoms with Gasteiger partial charge in [-0.25, -0.2) is 4.79 Å². The average molecular weight is 405 g/mol. The molecule has 0 amide bonds. The van der Waals surface area contributed by atoms with Gasteiger partial charge in [-0.2, -0.15) is 0 Å². The van der Waals surface area contributed by atoms with Crippen LogP contribution in [0.2, 0.25) is 0 Å². The summed E-state index contributed by atoms with van der Waals surface area (Å²) in [6, 6.07) is 16.4. The molecular weight excluding hydrogens is 376 g/mol. The number of anilines is 3. The second-order valence-corrected chi connectivity index (χ2v) is 6.66. The first kappa shape index (κ1) is 20.8. The van der Waals surface area contributed by atoms with Crippen LogP contribution >= 0.6 is 0 Å². The number of nitrogens with two attached hydrogens (primary N) is 1. The van der Waals surface area contributed by atoms with E-state index in [2.05, 4.69) is 17.2 Å². The van der Waals surface area contributed by atoms with Crippen LogP contribution in [0.5, 0.6) is 0 Å². The maximum atomic E-state index is 11.9. The zero-order valence-corrected chi connectivity index (χ0v) is 17.0. The molecule has 0 saturated heterocycles. The maximum Gasteiger partial charge on any atom is 0.339 e. The number of aryl methyl sites for hydroxylation is 1. The lowest BCUT2D eigenvalue weighted by Gasteiger charge is -2.12. The normalized spacial score (nSPS) is 10.7. The molecule has 0 aliphatic carbocycles. The van der Waals surface area contributed by atoms with E-state index < -0.39 is 5.97 Å². The minimum Gasteiger partial charge on any atom is -0.465 e. The molecule has 0 radical (unpaired) electrons. The van der Waals surface area contributed by atoms with Crippen LogP contribution in [0, 0.1) is 5.41 Å². The van der Waals surface area contributed by atoms with Crippen molar-refractivity contribution in [2.75, 3.05) is 18.2 Å². The fraction of sp³-hybridized carbons (Fsp3) is 0.125. The Bertz CT molecular complexity index is 1100. The van der Waals surface area contributed by atoms with E-state index in [0.29, 0.717) is 28.2 Å². The first-order valence-corrected chi connectivity index (χ1v) is 9.57. The lowest BCUT2D eigenvalue weighted by atomic mass is 10.1. The largest absolute Gasteiger partial charge is 0.465 e. The zero-order valence-electron chi connectivity index (χ0n) is 17.0. The Labute approximate surface area is 178 Å². The number of nitrogens with one attached hydrogen (secondary N) is 2. The second kappa shape index (κ2) is 9.52. The third-order valence-electron chi connectivity index (χ3n) is 4.63. The molecule has 0 fully saturated rings. The topological polar surface area (TPSA) is 101 Å². The zero-order chi connectivity index (χ0) is 21.5. The van der Waals surface area contributed by atoms with Gasteiger partial charge in [-0.3, -0.25) is 4.98 Å². The van der Waals surface area contributed by atoms with Crippen molar-refractivity contribution in [2.45, 2.75) is 13.3 Å². The number of nitrogen functional groups attached to an aromatic ring is 1. The fourth-order valence-electron chi connectivity index (χ4n) is 2.92. The highest BCUT2D eigenvalue weighted by molar-refractivity contribution is 6.12. The highest BCUT2D eigenvalue weighted by Gasteiger charge is 2.12. The van der Waals surface area contributed by atoms with E-state index in [1.54, 1.807) is 42.5 Å². The molecular formula is C24H28N4O2. The number of methoxy groups -OCH3 is 1. The van der Waals surface area contributed by atoms with Gasteiger partial charge in [-0.05, 0) is 60.5 Å². The number of carbonyl (C=O) groups excluding carboxylic acids is 1. The Morgan fingerprint density at radius 2 is 2.00 bits per heavy atom. The van der Waals surface area contributed by atoms with Gasteiger partial charge >= 0.3 is 5.97 Å². The summed E-state index contributed by atoms with van der Waals surface area (Å²) < 4.78 is 4.82. The van der Waals surface area contributed by atoms with Crippen LogP contribution in [-0.4, -0.2) is 23.8 Å². The number of pyridine rings is 1. The maximum absolute atomic E-state index is 11.9. The molecule has 1 heterocycles. The van der Waals surface area contributed by atoms with Gasteiger partial charge in [0.15, 0.2) is 0 Å². The van der Waals surface area contributed by atoms with Gasteiger partial charge in [0.1, 0.15) is 0 Å². The third-order valence-corrected chi connectivity index (χ3v) is 4.63. The average Bonchev–Trinajstić information content (AvgIpc) is 2.77. The van der Waals surface area contributed by atoms with E-state index in [0.717, 1.165) is 12.1 Å². The summed E-state index contributed by atoms with van der Waals surface area (Å²) in [7, 11) is 1.35. The van der Waals surface area contributed by atoms with Crippen molar-refractivity contribution in [1.29, 1.82) is 5.41 Å². The lowest BCUT2D eigenvalue weighted by molar-refractivity contribution is 0.0602. The Balaban J connectivity index is 0.00000256. The molecule has 0 spiro atoms. The second-order valence-electron chi connectivity index (χ2n) is 6.66. The Kier molecular flexibility index (Phi) is 6.60. The predicted molar refractivity (Wildman–Crippen MR) is 126 cm³/mol. The summed E-state index contributed by atoms with van der Waals surface area (Å²) in [4.78, 5) is 16.3. The molecule has 3 rings (SSSR count). The van der Waals surface area contributed by atoms with E-state index >= 15 is 0 Å². The summed E-state index contributed by atoms with van der Waals surface area (Å²) >= 11 is 0. The van der Waals surface area contributed by atoms with E-state index in [-0.39, 0.29) is 8.56 Å². The van der Waals surface area contributed by atoms with Gasteiger partial charge in [-0.1, -0.05) is 25.1 Å². The number of allylic oxidation sites excluding steroid dienone is 1. The molecule has 0 aliphatic heterocycles. The van der Waals surface area contributed by atoms with Gasteiger partial charge in [-0.15, -0.1) is 0 Å². The van der Waals surface area contributed by atoms with Gasteiger partial charge in [0.25, 0.3) is 0 Å². The molecule has 6 nitrogen and oxygen atoms in total. The monoisotopic (exact) mass is 404 g/mol. The van der Waals surface area contributed by atoms with E-state index in [1.807, 2.05) is 30.5 Å². The third kappa shape index (κ3) is 4.91. The van der Waals surface area contributed by atoms with Gasteiger partial charge in [0.05, 0.1) is 29.8 Å². The SMILES string of the molecule is CCc1ccc(/C=C/C(=N)c2ccc(Nc3ccccc3C(=O)OC)cc2N)nc1.[HH].[HH]. The molecule has 0 aliphatic rings. The van der Waals surface area contributed by atoms with E-state index in [1.165, 1.54) is 12.7 Å². The van der Waals surface area contributed by atoms with Crippen LogP contribution < -0.4 is 11.1 Å². The smallest absolute Gasteiger partial charge is 0.339 e. The molecule has 0 bridgehead atoms. The predicted octanol–water partition coefficient (Wildman–Crippen LogP) is 5.33. The number of rotatable bonds is 7. The highest BCUT2D eigenvalue weighted by Crippen LogP contribution is 2.25. The van der Waals surface area contributed by atoms with E-state index in [4.69, 9.17) is 15.9 Å². The molecule has 3 aromatic rings. The molecule has 2 aromatic carbocycles. The molecule has 6 heteroatoms. The van der Waals surface area contributed by atoms with Crippen LogP contribution in [0.3, 0.4) is 0 Å². The summed E-state index contributed by atoms with van der Waals surface area (Å²) in [6.07, 6.45) is 6.25. The number of hydrogen-bond donors (Lipinski definition) is 3. The van der Waals surface area contributed by atoms with Crippen molar-refractivity contribution in [3.05, 3.63) is 89.3 Å². The van der Waals surface area contributed by atoms with Crippen LogP contribution in [0.15, 0.2) is 66.9 Å². The summed E-state index contributed by atoms with van der Waals surface area (Å²) in [6.45, 7) is 2.08.